The third kappa shape index (κ3) is 4.32. The van der Waals surface area contributed by atoms with Crippen molar-refractivity contribution < 1.29 is 14.3 Å². The summed E-state index contributed by atoms with van der Waals surface area (Å²) in [6.07, 6.45) is 4.32. The Labute approximate surface area is 197 Å². The zero-order valence-corrected chi connectivity index (χ0v) is 19.0. The summed E-state index contributed by atoms with van der Waals surface area (Å²) >= 11 is 0. The van der Waals surface area contributed by atoms with Crippen molar-refractivity contribution in [1.82, 2.24) is 24.4 Å². The number of nitrogens with zero attached hydrogens (tertiary/aromatic N) is 5. The molecule has 1 aromatic carbocycles. The number of hydrogen-bond acceptors (Lipinski definition) is 7. The molecule has 3 aromatic rings. The third-order valence-corrected chi connectivity index (χ3v) is 6.03. The van der Waals surface area contributed by atoms with E-state index in [1.807, 2.05) is 36.5 Å². The molecule has 0 saturated carbocycles. The van der Waals surface area contributed by atoms with Gasteiger partial charge in [-0.1, -0.05) is 6.08 Å². The van der Waals surface area contributed by atoms with E-state index in [0.717, 1.165) is 22.5 Å². The van der Waals surface area contributed by atoms with Gasteiger partial charge in [-0.25, -0.2) is 9.31 Å². The number of carbonyl (C=O) groups is 2. The first-order valence-corrected chi connectivity index (χ1v) is 11.4. The molecule has 0 bridgehead atoms. The Morgan fingerprint density at radius 1 is 1.18 bits per heavy atom. The maximum atomic E-state index is 12.4. The Kier molecular flexibility index (Phi) is 5.89. The van der Waals surface area contributed by atoms with Gasteiger partial charge in [0.15, 0.2) is 5.65 Å². The standard InChI is InChI=1S/C24H27N7O3/c1-2-34-24(33)29-12-9-16(10-13-29)20-4-3-11-31-21(20)27-23(28-31)26-19-7-5-17(6-8-19)22(32)30-14-18(25)15-30/h3-9,11,18H,2,10,12-15,25H2,1H3,(H,26,28). The second-order valence-corrected chi connectivity index (χ2v) is 8.42. The van der Waals surface area contributed by atoms with Crippen LogP contribution in [0.2, 0.25) is 0 Å². The van der Waals surface area contributed by atoms with E-state index in [1.54, 1.807) is 33.4 Å². The molecule has 34 heavy (non-hydrogen) atoms. The van der Waals surface area contributed by atoms with Crippen LogP contribution in [-0.4, -0.2) is 75.2 Å². The predicted octanol–water partition coefficient (Wildman–Crippen LogP) is 2.50. The van der Waals surface area contributed by atoms with Crippen LogP contribution >= 0.6 is 0 Å². The van der Waals surface area contributed by atoms with Crippen LogP contribution in [0.3, 0.4) is 0 Å². The average Bonchev–Trinajstić information content (AvgIpc) is 3.25. The van der Waals surface area contributed by atoms with Crippen LogP contribution in [0.25, 0.3) is 11.2 Å². The summed E-state index contributed by atoms with van der Waals surface area (Å²) < 4.78 is 6.83. The number of ether oxygens (including phenoxy) is 1. The van der Waals surface area contributed by atoms with Crippen molar-refractivity contribution >= 4 is 34.9 Å². The van der Waals surface area contributed by atoms with Gasteiger partial charge in [-0.2, -0.15) is 4.98 Å². The van der Waals surface area contributed by atoms with Gasteiger partial charge in [0.1, 0.15) is 0 Å². The van der Waals surface area contributed by atoms with Crippen LogP contribution in [0.5, 0.6) is 0 Å². The van der Waals surface area contributed by atoms with Crippen molar-refractivity contribution in [1.29, 1.82) is 0 Å². The quantitative estimate of drug-likeness (QED) is 0.599. The van der Waals surface area contributed by atoms with Crippen LogP contribution in [0.15, 0.2) is 48.7 Å². The van der Waals surface area contributed by atoms with Gasteiger partial charge < -0.3 is 25.6 Å². The Morgan fingerprint density at radius 3 is 2.65 bits per heavy atom. The summed E-state index contributed by atoms with van der Waals surface area (Å²) in [4.78, 5) is 32.5. The minimum atomic E-state index is -0.286. The molecule has 3 N–H and O–H groups in total. The van der Waals surface area contributed by atoms with Gasteiger partial charge in [0.25, 0.3) is 5.91 Å². The smallest absolute Gasteiger partial charge is 0.410 e. The molecule has 2 amide bonds. The number of nitrogens with one attached hydrogen (secondary N) is 1. The first-order chi connectivity index (χ1) is 16.5. The van der Waals surface area contributed by atoms with Crippen molar-refractivity contribution in [2.45, 2.75) is 19.4 Å². The lowest BCUT2D eigenvalue weighted by atomic mass is 10.0. The molecule has 1 saturated heterocycles. The van der Waals surface area contributed by atoms with Gasteiger partial charge in [0.05, 0.1) is 6.61 Å². The number of likely N-dealkylation sites (tertiary alicyclic amines) is 1. The molecule has 4 heterocycles. The van der Waals surface area contributed by atoms with Crippen molar-refractivity contribution in [3.8, 4) is 0 Å². The Morgan fingerprint density at radius 2 is 1.97 bits per heavy atom. The fraction of sp³-hybridized carbons (Fsp3) is 0.333. The maximum absolute atomic E-state index is 12.4. The number of nitrogens with two attached hydrogens (primary N) is 1. The van der Waals surface area contributed by atoms with Gasteiger partial charge in [-0.3, -0.25) is 4.79 Å². The Balaban J connectivity index is 1.30. The largest absolute Gasteiger partial charge is 0.450 e. The van der Waals surface area contributed by atoms with E-state index in [9.17, 15) is 9.59 Å². The number of fused-ring (bicyclic) bond motifs is 1. The molecule has 0 spiro atoms. The van der Waals surface area contributed by atoms with Gasteiger partial charge in [0, 0.05) is 55.2 Å². The lowest BCUT2D eigenvalue weighted by Gasteiger charge is -2.36. The zero-order valence-electron chi connectivity index (χ0n) is 19.0. The van der Waals surface area contributed by atoms with Crippen molar-refractivity contribution in [2.24, 2.45) is 5.73 Å². The molecule has 1 fully saturated rings. The third-order valence-electron chi connectivity index (χ3n) is 6.03. The highest BCUT2D eigenvalue weighted by atomic mass is 16.6. The highest BCUT2D eigenvalue weighted by Crippen LogP contribution is 2.27. The van der Waals surface area contributed by atoms with Crippen molar-refractivity contribution in [3.05, 3.63) is 59.8 Å². The molecule has 0 radical (unpaired) electrons. The van der Waals surface area contributed by atoms with E-state index in [4.69, 9.17) is 10.5 Å². The monoisotopic (exact) mass is 461 g/mol. The fourth-order valence-electron chi connectivity index (χ4n) is 4.19. The fourth-order valence-corrected chi connectivity index (χ4v) is 4.19. The summed E-state index contributed by atoms with van der Waals surface area (Å²) in [5.41, 5.74) is 10.0. The molecule has 2 aliphatic heterocycles. The Bertz CT molecular complexity index is 1250. The minimum absolute atomic E-state index is 0.00831. The highest BCUT2D eigenvalue weighted by molar-refractivity contribution is 5.95. The molecule has 0 unspecified atom stereocenters. The lowest BCUT2D eigenvalue weighted by Crippen LogP contribution is -2.57. The molecule has 5 rings (SSSR count). The van der Waals surface area contributed by atoms with Crippen LogP contribution in [0.4, 0.5) is 16.4 Å². The average molecular weight is 462 g/mol. The van der Waals surface area contributed by atoms with E-state index in [2.05, 4.69) is 15.4 Å². The van der Waals surface area contributed by atoms with Crippen LogP contribution < -0.4 is 11.1 Å². The van der Waals surface area contributed by atoms with Gasteiger partial charge in [0.2, 0.25) is 5.95 Å². The molecule has 10 heteroatoms. The number of anilines is 2. The maximum Gasteiger partial charge on any atom is 0.410 e. The summed E-state index contributed by atoms with van der Waals surface area (Å²) in [6, 6.07) is 11.3. The van der Waals surface area contributed by atoms with E-state index in [1.165, 1.54) is 0 Å². The summed E-state index contributed by atoms with van der Waals surface area (Å²) in [5.74, 6) is 0.454. The minimum Gasteiger partial charge on any atom is -0.450 e. The van der Waals surface area contributed by atoms with Crippen LogP contribution in [0, 0.1) is 0 Å². The van der Waals surface area contributed by atoms with Crippen molar-refractivity contribution in [3.63, 3.8) is 0 Å². The number of aromatic nitrogens is 3. The van der Waals surface area contributed by atoms with Crippen molar-refractivity contribution in [2.75, 3.05) is 38.1 Å². The second kappa shape index (κ2) is 9.14. The lowest BCUT2D eigenvalue weighted by molar-refractivity contribution is 0.0608. The molecule has 0 aliphatic carbocycles. The molecule has 10 nitrogen and oxygen atoms in total. The summed E-state index contributed by atoms with van der Waals surface area (Å²) in [7, 11) is 0. The molecule has 2 aliphatic rings. The van der Waals surface area contributed by atoms with Crippen LogP contribution in [0.1, 0.15) is 29.3 Å². The zero-order chi connectivity index (χ0) is 23.7. The number of rotatable bonds is 5. The number of carbonyl (C=O) groups excluding carboxylic acids is 2. The SMILES string of the molecule is CCOC(=O)N1CC=C(c2cccn3nc(Nc4ccc(C(=O)N5CC(N)C5)cc4)nc23)CC1. The number of hydrogen-bond donors (Lipinski definition) is 2. The second-order valence-electron chi connectivity index (χ2n) is 8.42. The molecular weight excluding hydrogens is 434 g/mol. The number of pyridine rings is 1. The first-order valence-electron chi connectivity index (χ1n) is 11.4. The van der Waals surface area contributed by atoms with E-state index < -0.39 is 0 Å². The summed E-state index contributed by atoms with van der Waals surface area (Å²) in [6.45, 7) is 4.47. The normalized spacial score (nSPS) is 16.2. The van der Waals surface area contributed by atoms with Gasteiger partial charge in [-0.05, 0) is 55.3 Å². The molecule has 0 atom stereocenters. The molecule has 176 valence electrons. The number of amides is 2. The summed E-state index contributed by atoms with van der Waals surface area (Å²) in [5, 5.41) is 7.75. The van der Waals surface area contributed by atoms with E-state index in [-0.39, 0.29) is 18.0 Å². The first kappa shape index (κ1) is 21.9. The predicted molar refractivity (Wildman–Crippen MR) is 128 cm³/mol. The number of benzene rings is 1. The molecule has 2 aromatic heterocycles. The highest BCUT2D eigenvalue weighted by Gasteiger charge is 2.28. The van der Waals surface area contributed by atoms with Gasteiger partial charge >= 0.3 is 6.09 Å². The van der Waals surface area contributed by atoms with E-state index >= 15 is 0 Å². The van der Waals surface area contributed by atoms with E-state index in [0.29, 0.717) is 50.7 Å². The topological polar surface area (TPSA) is 118 Å². The Hall–Kier alpha value is -3.92. The molecular formula is C24H27N7O3. The van der Waals surface area contributed by atoms with Crippen LogP contribution in [-0.2, 0) is 4.74 Å². The van der Waals surface area contributed by atoms with Gasteiger partial charge in [-0.15, -0.1) is 5.10 Å².